The number of ether oxygens (including phenoxy) is 1. The van der Waals surface area contributed by atoms with Gasteiger partial charge in [-0.3, -0.25) is 0 Å². The van der Waals surface area contributed by atoms with Gasteiger partial charge in [0.25, 0.3) is 0 Å². The molecule has 1 heterocycles. The van der Waals surface area contributed by atoms with Crippen molar-refractivity contribution in [3.63, 3.8) is 0 Å². The average Bonchev–Trinajstić information content (AvgIpc) is 2.48. The summed E-state index contributed by atoms with van der Waals surface area (Å²) in [5, 5.41) is 3.16. The van der Waals surface area contributed by atoms with Gasteiger partial charge in [0.1, 0.15) is 0 Å². The van der Waals surface area contributed by atoms with E-state index in [4.69, 9.17) is 4.74 Å². The Morgan fingerprint density at radius 1 is 1.36 bits per heavy atom. The molecule has 2 rings (SSSR count). The lowest BCUT2D eigenvalue weighted by Gasteiger charge is -2.23. The van der Waals surface area contributed by atoms with Crippen LogP contribution in [0.5, 0.6) is 0 Å². The third-order valence-electron chi connectivity index (χ3n) is 3.29. The third kappa shape index (κ3) is 4.95. The summed E-state index contributed by atoms with van der Waals surface area (Å²) in [4.78, 5) is 11.7. The Morgan fingerprint density at radius 3 is 2.59 bits per heavy atom. The molecule has 0 spiro atoms. The van der Waals surface area contributed by atoms with Gasteiger partial charge in [-0.2, -0.15) is 0 Å². The van der Waals surface area contributed by atoms with Gasteiger partial charge < -0.3 is 10.1 Å². The van der Waals surface area contributed by atoms with Gasteiger partial charge >= 0.3 is 5.97 Å². The molecule has 0 aliphatic carbocycles. The topological polar surface area (TPSA) is 84.5 Å². The van der Waals surface area contributed by atoms with Crippen LogP contribution in [0.3, 0.4) is 0 Å². The van der Waals surface area contributed by atoms with Crippen molar-refractivity contribution in [2.75, 3.05) is 19.7 Å². The van der Waals surface area contributed by atoms with Gasteiger partial charge in [-0.15, -0.1) is 12.4 Å². The van der Waals surface area contributed by atoms with Crippen LogP contribution in [-0.4, -0.2) is 40.1 Å². The second-order valence-corrected chi connectivity index (χ2v) is 6.62. The first-order valence-electron chi connectivity index (χ1n) is 7.03. The number of benzene rings is 1. The van der Waals surface area contributed by atoms with Crippen molar-refractivity contribution >= 4 is 28.4 Å². The third-order valence-corrected chi connectivity index (χ3v) is 4.83. The second-order valence-electron chi connectivity index (χ2n) is 4.91. The number of carbonyl (C=O) groups is 1. The molecule has 1 fully saturated rings. The smallest absolute Gasteiger partial charge is 0.338 e. The second kappa shape index (κ2) is 8.47. The highest BCUT2D eigenvalue weighted by molar-refractivity contribution is 7.89. The van der Waals surface area contributed by atoms with E-state index >= 15 is 0 Å². The molecule has 1 saturated heterocycles. The van der Waals surface area contributed by atoms with Crippen LogP contribution in [0.15, 0.2) is 29.2 Å². The van der Waals surface area contributed by atoms with E-state index in [2.05, 4.69) is 10.0 Å². The number of esters is 1. The van der Waals surface area contributed by atoms with Crippen LogP contribution in [-0.2, 0) is 14.8 Å². The molecule has 1 aromatic carbocycles. The van der Waals surface area contributed by atoms with Gasteiger partial charge in [-0.1, -0.05) is 0 Å². The lowest BCUT2D eigenvalue weighted by atomic mass is 10.1. The Bertz CT molecular complexity index is 583. The summed E-state index contributed by atoms with van der Waals surface area (Å²) in [6, 6.07) is 5.68. The summed E-state index contributed by atoms with van der Waals surface area (Å²) >= 11 is 0. The van der Waals surface area contributed by atoms with Crippen molar-refractivity contribution in [2.45, 2.75) is 30.7 Å². The van der Waals surface area contributed by atoms with Crippen LogP contribution >= 0.6 is 12.4 Å². The first-order valence-corrected chi connectivity index (χ1v) is 8.51. The first-order chi connectivity index (χ1) is 10.0. The van der Waals surface area contributed by atoms with Gasteiger partial charge in [0.15, 0.2) is 0 Å². The average molecular weight is 349 g/mol. The van der Waals surface area contributed by atoms with Crippen LogP contribution in [0.2, 0.25) is 0 Å². The van der Waals surface area contributed by atoms with Crippen LogP contribution in [0.1, 0.15) is 30.1 Å². The van der Waals surface area contributed by atoms with Crippen molar-refractivity contribution in [1.29, 1.82) is 0 Å². The standard InChI is InChI=1S/C14H20N2O4S.ClH/c1-2-20-14(17)11-5-7-13(8-6-11)21(18,19)16-12-4-3-9-15-10-12;/h5-8,12,15-16H,2-4,9-10H2,1H3;1H/t12-;/m0./s1. The molecule has 0 unspecified atom stereocenters. The fourth-order valence-corrected chi connectivity index (χ4v) is 3.49. The van der Waals surface area contributed by atoms with E-state index in [9.17, 15) is 13.2 Å². The predicted octanol–water partition coefficient (Wildman–Crippen LogP) is 1.32. The molecule has 22 heavy (non-hydrogen) atoms. The first kappa shape index (κ1) is 18.9. The number of halogens is 1. The maximum atomic E-state index is 12.3. The number of nitrogens with one attached hydrogen (secondary N) is 2. The minimum absolute atomic E-state index is 0. The molecule has 1 atom stereocenters. The van der Waals surface area contributed by atoms with Crippen molar-refractivity contribution in [3.8, 4) is 0 Å². The van der Waals surface area contributed by atoms with Gasteiger partial charge in [0, 0.05) is 12.6 Å². The molecular weight excluding hydrogens is 328 g/mol. The quantitative estimate of drug-likeness (QED) is 0.784. The lowest BCUT2D eigenvalue weighted by Crippen LogP contribution is -2.45. The Labute approximate surface area is 137 Å². The molecular formula is C14H21ClN2O4S. The Hall–Kier alpha value is -1.15. The lowest BCUT2D eigenvalue weighted by molar-refractivity contribution is 0.0526. The van der Waals surface area contributed by atoms with E-state index in [1.807, 2.05) is 0 Å². The summed E-state index contributed by atoms with van der Waals surface area (Å²) in [5.74, 6) is -0.453. The Morgan fingerprint density at radius 2 is 2.05 bits per heavy atom. The van der Waals surface area contributed by atoms with Crippen molar-refractivity contribution < 1.29 is 17.9 Å². The van der Waals surface area contributed by atoms with Crippen LogP contribution < -0.4 is 10.0 Å². The summed E-state index contributed by atoms with van der Waals surface area (Å²) in [5.41, 5.74) is 0.343. The van der Waals surface area contributed by atoms with Crippen molar-refractivity contribution in [1.82, 2.24) is 10.0 Å². The summed E-state index contributed by atoms with van der Waals surface area (Å²) in [6.45, 7) is 3.57. The summed E-state index contributed by atoms with van der Waals surface area (Å²) in [7, 11) is -3.56. The maximum Gasteiger partial charge on any atom is 0.338 e. The number of hydrogen-bond acceptors (Lipinski definition) is 5. The summed E-state index contributed by atoms with van der Waals surface area (Å²) in [6.07, 6.45) is 1.78. The van der Waals surface area contributed by atoms with Gasteiger partial charge in [0.05, 0.1) is 17.1 Å². The Balaban J connectivity index is 0.00000242. The highest BCUT2D eigenvalue weighted by Crippen LogP contribution is 2.13. The van der Waals surface area contributed by atoms with Crippen molar-refractivity contribution in [3.05, 3.63) is 29.8 Å². The predicted molar refractivity (Wildman–Crippen MR) is 85.9 cm³/mol. The van der Waals surface area contributed by atoms with E-state index in [1.165, 1.54) is 24.3 Å². The molecule has 1 aromatic rings. The van der Waals surface area contributed by atoms with Crippen LogP contribution in [0.25, 0.3) is 0 Å². The normalized spacial score (nSPS) is 18.3. The molecule has 1 aliphatic rings. The Kier molecular flexibility index (Phi) is 7.28. The van der Waals surface area contributed by atoms with E-state index in [0.29, 0.717) is 12.1 Å². The molecule has 0 amide bonds. The molecule has 2 N–H and O–H groups in total. The zero-order valence-corrected chi connectivity index (χ0v) is 14.0. The molecule has 0 radical (unpaired) electrons. The highest BCUT2D eigenvalue weighted by atomic mass is 35.5. The zero-order valence-electron chi connectivity index (χ0n) is 12.4. The number of carbonyl (C=O) groups excluding carboxylic acids is 1. The van der Waals surface area contributed by atoms with Crippen molar-refractivity contribution in [2.24, 2.45) is 0 Å². The fraction of sp³-hybridized carbons (Fsp3) is 0.500. The SMILES string of the molecule is CCOC(=O)c1ccc(S(=O)(=O)N[C@H]2CCCNC2)cc1.Cl. The molecule has 1 aliphatic heterocycles. The van der Waals surface area contributed by atoms with Gasteiger partial charge in [-0.05, 0) is 50.6 Å². The fourth-order valence-electron chi connectivity index (χ4n) is 2.22. The number of piperidine rings is 1. The monoisotopic (exact) mass is 348 g/mol. The van der Waals surface area contributed by atoms with Gasteiger partial charge in [-0.25, -0.2) is 17.9 Å². The maximum absolute atomic E-state index is 12.3. The summed E-state index contributed by atoms with van der Waals surface area (Å²) < 4.78 is 32.0. The van der Waals surface area contributed by atoms with E-state index in [1.54, 1.807) is 6.92 Å². The number of hydrogen-bond donors (Lipinski definition) is 2. The zero-order chi connectivity index (χ0) is 15.3. The van der Waals surface area contributed by atoms with E-state index < -0.39 is 16.0 Å². The molecule has 124 valence electrons. The van der Waals surface area contributed by atoms with Gasteiger partial charge in [0.2, 0.25) is 10.0 Å². The number of sulfonamides is 1. The highest BCUT2D eigenvalue weighted by Gasteiger charge is 2.21. The molecule has 0 saturated carbocycles. The molecule has 6 nitrogen and oxygen atoms in total. The van der Waals surface area contributed by atoms with Crippen LogP contribution in [0, 0.1) is 0 Å². The van der Waals surface area contributed by atoms with E-state index in [-0.39, 0.29) is 30.0 Å². The van der Waals surface area contributed by atoms with E-state index in [0.717, 1.165) is 19.4 Å². The minimum atomic E-state index is -3.56. The molecule has 0 bridgehead atoms. The minimum Gasteiger partial charge on any atom is -0.462 e. The molecule has 8 heteroatoms. The van der Waals surface area contributed by atoms with Crippen LogP contribution in [0.4, 0.5) is 0 Å². The molecule has 0 aromatic heterocycles. The largest absolute Gasteiger partial charge is 0.462 e. The number of rotatable bonds is 5.